The highest BCUT2D eigenvalue weighted by atomic mass is 32.1. The zero-order valence-electron chi connectivity index (χ0n) is 8.61. The van der Waals surface area contributed by atoms with Gasteiger partial charge in [-0.25, -0.2) is 9.78 Å². The third kappa shape index (κ3) is 2.84. The standard InChI is InChI=1S/C11H7N3O2S/c12-13-6-10(15)16-9-7-17-11(14-9)8-4-2-1-3-5-8/h1-7H. The lowest BCUT2D eigenvalue weighted by Crippen LogP contribution is -2.09. The lowest BCUT2D eigenvalue weighted by molar-refractivity contribution is -0.130. The van der Waals surface area contributed by atoms with E-state index in [2.05, 4.69) is 9.77 Å². The van der Waals surface area contributed by atoms with Gasteiger partial charge >= 0.3 is 12.2 Å². The molecule has 0 aliphatic heterocycles. The van der Waals surface area contributed by atoms with Gasteiger partial charge in [-0.2, -0.15) is 4.79 Å². The molecule has 1 aromatic carbocycles. The highest BCUT2D eigenvalue weighted by Gasteiger charge is 2.10. The fourth-order valence-electron chi connectivity index (χ4n) is 1.20. The van der Waals surface area contributed by atoms with Crippen LogP contribution in [0.15, 0.2) is 35.7 Å². The number of esters is 1. The van der Waals surface area contributed by atoms with Crippen LogP contribution in [-0.2, 0) is 4.79 Å². The Bertz CT molecular complexity index is 573. The summed E-state index contributed by atoms with van der Waals surface area (Å²) in [5, 5.41) is 2.38. The van der Waals surface area contributed by atoms with Crippen LogP contribution in [0.3, 0.4) is 0 Å². The van der Waals surface area contributed by atoms with Gasteiger partial charge in [0, 0.05) is 5.56 Å². The molecule has 0 spiro atoms. The molecule has 0 fully saturated rings. The number of aromatic nitrogens is 1. The molecule has 0 aliphatic carbocycles. The molecule has 5 nitrogen and oxygen atoms in total. The molecule has 0 radical (unpaired) electrons. The second kappa shape index (κ2) is 5.16. The summed E-state index contributed by atoms with van der Waals surface area (Å²) < 4.78 is 4.81. The lowest BCUT2D eigenvalue weighted by Gasteiger charge is -1.94. The van der Waals surface area contributed by atoms with E-state index in [0.29, 0.717) is 6.21 Å². The largest absolute Gasteiger partial charge is 0.420 e. The van der Waals surface area contributed by atoms with E-state index >= 15 is 0 Å². The van der Waals surface area contributed by atoms with Crippen LogP contribution in [0.4, 0.5) is 0 Å². The fourth-order valence-corrected chi connectivity index (χ4v) is 1.92. The monoisotopic (exact) mass is 245 g/mol. The number of thiazole rings is 1. The van der Waals surface area contributed by atoms with Gasteiger partial charge in [-0.05, 0) is 0 Å². The van der Waals surface area contributed by atoms with Gasteiger partial charge in [0.15, 0.2) is 0 Å². The van der Waals surface area contributed by atoms with Crippen LogP contribution in [-0.4, -0.2) is 22.0 Å². The molecule has 1 aromatic heterocycles. The SMILES string of the molecule is [N-]=[N+]=CC(=O)Oc1csc(-c2ccccc2)n1. The molecule has 0 N–H and O–H groups in total. The molecule has 0 saturated heterocycles. The smallest absolute Gasteiger partial charge is 0.398 e. The molecule has 0 unspecified atom stereocenters. The predicted octanol–water partition coefficient (Wildman–Crippen LogP) is 2.02. The Morgan fingerprint density at radius 3 is 2.88 bits per heavy atom. The van der Waals surface area contributed by atoms with Crippen molar-refractivity contribution >= 4 is 23.5 Å². The first-order valence-electron chi connectivity index (χ1n) is 4.70. The Morgan fingerprint density at radius 2 is 2.18 bits per heavy atom. The van der Waals surface area contributed by atoms with Crippen molar-refractivity contribution in [1.29, 1.82) is 0 Å². The molecule has 84 valence electrons. The molecule has 0 aliphatic rings. The molecule has 0 amide bonds. The molecule has 2 rings (SSSR count). The van der Waals surface area contributed by atoms with Crippen LogP contribution >= 0.6 is 11.3 Å². The fraction of sp³-hybridized carbons (Fsp3) is 0. The number of carbonyl (C=O) groups is 1. The molecule has 0 atom stereocenters. The summed E-state index contributed by atoms with van der Waals surface area (Å²) >= 11 is 1.37. The molecule has 2 aromatic rings. The van der Waals surface area contributed by atoms with Gasteiger partial charge in [0.2, 0.25) is 5.88 Å². The average molecular weight is 245 g/mol. The van der Waals surface area contributed by atoms with Crippen molar-refractivity contribution in [3.05, 3.63) is 41.2 Å². The van der Waals surface area contributed by atoms with E-state index < -0.39 is 5.97 Å². The van der Waals surface area contributed by atoms with Crippen molar-refractivity contribution in [3.8, 4) is 16.5 Å². The van der Waals surface area contributed by atoms with Crippen LogP contribution in [0.1, 0.15) is 0 Å². The summed E-state index contributed by atoms with van der Waals surface area (Å²) in [6, 6.07) is 9.55. The van der Waals surface area contributed by atoms with E-state index in [9.17, 15) is 4.79 Å². The quantitative estimate of drug-likeness (QED) is 0.359. The van der Waals surface area contributed by atoms with Gasteiger partial charge in [-0.3, -0.25) is 0 Å². The van der Waals surface area contributed by atoms with E-state index in [1.807, 2.05) is 30.3 Å². The maximum absolute atomic E-state index is 11.0. The number of benzene rings is 1. The molecule has 6 heteroatoms. The summed E-state index contributed by atoms with van der Waals surface area (Å²) in [6.07, 6.45) is 0.668. The molecule has 17 heavy (non-hydrogen) atoms. The van der Waals surface area contributed by atoms with Gasteiger partial charge in [-0.1, -0.05) is 30.3 Å². The van der Waals surface area contributed by atoms with E-state index in [4.69, 9.17) is 10.3 Å². The Kier molecular flexibility index (Phi) is 3.40. The predicted molar refractivity (Wildman–Crippen MR) is 62.9 cm³/mol. The van der Waals surface area contributed by atoms with Gasteiger partial charge in [0.1, 0.15) is 5.01 Å². The van der Waals surface area contributed by atoms with Crippen molar-refractivity contribution in [2.75, 3.05) is 0 Å². The topological polar surface area (TPSA) is 75.6 Å². The van der Waals surface area contributed by atoms with Gasteiger partial charge < -0.3 is 10.3 Å². The van der Waals surface area contributed by atoms with Crippen molar-refractivity contribution in [2.45, 2.75) is 0 Å². The maximum atomic E-state index is 11.0. The highest BCUT2D eigenvalue weighted by molar-refractivity contribution is 7.13. The van der Waals surface area contributed by atoms with Crippen molar-refractivity contribution in [3.63, 3.8) is 0 Å². The van der Waals surface area contributed by atoms with Crippen LogP contribution < -0.4 is 4.74 Å². The van der Waals surface area contributed by atoms with Gasteiger partial charge in [0.25, 0.3) is 0 Å². The summed E-state index contributed by atoms with van der Waals surface area (Å²) in [6.45, 7) is 0. The summed E-state index contributed by atoms with van der Waals surface area (Å²) in [7, 11) is 0. The molecule has 0 saturated carbocycles. The van der Waals surface area contributed by atoms with Gasteiger partial charge in [-0.15, -0.1) is 11.3 Å². The Morgan fingerprint density at radius 1 is 1.41 bits per heavy atom. The third-order valence-corrected chi connectivity index (χ3v) is 2.74. The van der Waals surface area contributed by atoms with Crippen molar-refractivity contribution in [2.24, 2.45) is 0 Å². The minimum Gasteiger partial charge on any atom is -0.398 e. The minimum atomic E-state index is -0.766. The third-order valence-electron chi connectivity index (χ3n) is 1.87. The summed E-state index contributed by atoms with van der Waals surface area (Å²) in [5.41, 5.74) is 9.10. The van der Waals surface area contributed by atoms with Crippen LogP contribution in [0.25, 0.3) is 16.1 Å². The Balaban J connectivity index is 2.17. The number of hydrogen-bond donors (Lipinski definition) is 0. The Labute approximate surface area is 101 Å². The number of hydrogen-bond acceptors (Lipinski definition) is 4. The minimum absolute atomic E-state index is 0.193. The maximum Gasteiger partial charge on any atom is 0.420 e. The summed E-state index contributed by atoms with van der Waals surface area (Å²) in [5.74, 6) is -0.573. The van der Waals surface area contributed by atoms with Crippen molar-refractivity contribution < 1.29 is 14.3 Å². The zero-order chi connectivity index (χ0) is 12.1. The van der Waals surface area contributed by atoms with Crippen LogP contribution in [0.2, 0.25) is 0 Å². The lowest BCUT2D eigenvalue weighted by atomic mass is 10.2. The molecular weight excluding hydrogens is 238 g/mol. The number of rotatable bonds is 3. The second-order valence-electron chi connectivity index (χ2n) is 3.02. The van der Waals surface area contributed by atoms with Crippen molar-refractivity contribution in [1.82, 2.24) is 4.98 Å². The molecule has 0 bridgehead atoms. The van der Waals surface area contributed by atoms with E-state index in [1.165, 1.54) is 11.3 Å². The van der Waals surface area contributed by atoms with Crippen LogP contribution in [0.5, 0.6) is 5.88 Å². The zero-order valence-corrected chi connectivity index (χ0v) is 9.42. The van der Waals surface area contributed by atoms with E-state index in [0.717, 1.165) is 10.6 Å². The molecule has 1 heterocycles. The van der Waals surface area contributed by atoms with E-state index in [1.54, 1.807) is 5.38 Å². The normalized spacial score (nSPS) is 9.41. The average Bonchev–Trinajstić information content (AvgIpc) is 2.79. The number of nitrogens with zero attached hydrogens (tertiary/aromatic N) is 3. The first-order chi connectivity index (χ1) is 8.29. The number of ether oxygens (including phenoxy) is 1. The van der Waals surface area contributed by atoms with Crippen LogP contribution in [0, 0.1) is 0 Å². The van der Waals surface area contributed by atoms with E-state index in [-0.39, 0.29) is 5.88 Å². The second-order valence-corrected chi connectivity index (χ2v) is 3.88. The highest BCUT2D eigenvalue weighted by Crippen LogP contribution is 2.26. The summed E-state index contributed by atoms with van der Waals surface area (Å²) in [4.78, 5) is 17.7. The molecular formula is C11H7N3O2S. The first kappa shape index (κ1) is 11.2. The first-order valence-corrected chi connectivity index (χ1v) is 5.58. The van der Waals surface area contributed by atoms with Gasteiger partial charge in [0.05, 0.1) is 5.38 Å². The number of carbonyl (C=O) groups excluding carboxylic acids is 1. The Hall–Kier alpha value is -2.30.